The summed E-state index contributed by atoms with van der Waals surface area (Å²) < 4.78 is 15.3. The van der Waals surface area contributed by atoms with Crippen molar-refractivity contribution in [1.29, 1.82) is 0 Å². The summed E-state index contributed by atoms with van der Waals surface area (Å²) in [6.45, 7) is 2.90. The molecule has 1 saturated heterocycles. The number of esters is 2. The Balaban J connectivity index is 2.09. The molecule has 2 aromatic rings. The number of benzene rings is 1. The summed E-state index contributed by atoms with van der Waals surface area (Å²) in [6.07, 6.45) is 2.32. The van der Waals surface area contributed by atoms with Crippen LogP contribution in [0.4, 0.5) is 0 Å². The maximum absolute atomic E-state index is 12.3. The Morgan fingerprint density at radius 2 is 1.64 bits per heavy atom. The van der Waals surface area contributed by atoms with Crippen LogP contribution < -0.4 is 5.43 Å². The van der Waals surface area contributed by atoms with Crippen LogP contribution in [0.5, 0.6) is 0 Å². The first-order valence-electron chi connectivity index (χ1n) is 6.56. The van der Waals surface area contributed by atoms with E-state index in [1.165, 1.54) is 20.1 Å². The largest absolute Gasteiger partial charge is 0.463 e. The van der Waals surface area contributed by atoms with Crippen molar-refractivity contribution in [2.45, 2.75) is 19.6 Å². The molecule has 1 fully saturated rings. The smallest absolute Gasteiger partial charge is 0.348 e. The summed E-state index contributed by atoms with van der Waals surface area (Å²) in [6, 6.07) is 6.69. The zero-order chi connectivity index (χ0) is 15.9. The molecule has 0 bridgehead atoms. The predicted molar refractivity (Wildman–Crippen MR) is 76.7 cm³/mol. The Morgan fingerprint density at radius 1 is 1.00 bits per heavy atom. The fraction of sp³-hybridized carbons (Fsp3) is 0.188. The third-order valence-corrected chi connectivity index (χ3v) is 3.12. The lowest BCUT2D eigenvalue weighted by atomic mass is 10.1. The van der Waals surface area contributed by atoms with Crippen LogP contribution in [0, 0.1) is 0 Å². The molecule has 1 aliphatic rings. The number of cyclic esters (lactones) is 2. The van der Waals surface area contributed by atoms with Crippen molar-refractivity contribution in [3.8, 4) is 0 Å². The number of ether oxygens (including phenoxy) is 2. The van der Waals surface area contributed by atoms with Crippen LogP contribution in [0.2, 0.25) is 0 Å². The molecule has 0 unspecified atom stereocenters. The van der Waals surface area contributed by atoms with Crippen molar-refractivity contribution in [3.63, 3.8) is 0 Å². The highest BCUT2D eigenvalue weighted by atomic mass is 16.7. The number of rotatable bonds is 1. The van der Waals surface area contributed by atoms with Gasteiger partial charge in [-0.05, 0) is 18.2 Å². The molecule has 0 radical (unpaired) electrons. The molecule has 2 heterocycles. The Labute approximate surface area is 124 Å². The van der Waals surface area contributed by atoms with Gasteiger partial charge in [0.05, 0.1) is 10.9 Å². The van der Waals surface area contributed by atoms with E-state index in [1.807, 2.05) is 0 Å². The SMILES string of the molecule is CC1(C)OC(=O)C(=Cc2coc3ccccc3c2=O)C(=O)O1. The molecule has 1 aliphatic heterocycles. The maximum atomic E-state index is 12.3. The predicted octanol–water partition coefficient (Wildman–Crippen LogP) is 2.01. The molecule has 112 valence electrons. The van der Waals surface area contributed by atoms with Crippen LogP contribution in [0.1, 0.15) is 19.4 Å². The monoisotopic (exact) mass is 300 g/mol. The van der Waals surface area contributed by atoms with E-state index in [0.29, 0.717) is 11.0 Å². The third kappa shape index (κ3) is 2.39. The first-order chi connectivity index (χ1) is 10.4. The van der Waals surface area contributed by atoms with Gasteiger partial charge in [-0.15, -0.1) is 0 Å². The minimum absolute atomic E-state index is 0.0716. The van der Waals surface area contributed by atoms with Gasteiger partial charge in [-0.25, -0.2) is 9.59 Å². The van der Waals surface area contributed by atoms with Crippen molar-refractivity contribution < 1.29 is 23.5 Å². The minimum Gasteiger partial charge on any atom is -0.463 e. The topological polar surface area (TPSA) is 82.8 Å². The van der Waals surface area contributed by atoms with Gasteiger partial charge in [0.25, 0.3) is 5.79 Å². The lowest BCUT2D eigenvalue weighted by Crippen LogP contribution is -2.41. The summed E-state index contributed by atoms with van der Waals surface area (Å²) in [5.74, 6) is -3.00. The van der Waals surface area contributed by atoms with Crippen molar-refractivity contribution in [3.05, 3.63) is 51.9 Å². The average molecular weight is 300 g/mol. The zero-order valence-corrected chi connectivity index (χ0v) is 11.9. The van der Waals surface area contributed by atoms with E-state index in [-0.39, 0.29) is 16.6 Å². The average Bonchev–Trinajstić information content (AvgIpc) is 2.44. The summed E-state index contributed by atoms with van der Waals surface area (Å²) >= 11 is 0. The molecule has 0 spiro atoms. The maximum Gasteiger partial charge on any atom is 0.348 e. The normalized spacial score (nSPS) is 17.1. The second-order valence-electron chi connectivity index (χ2n) is 5.25. The van der Waals surface area contributed by atoms with Gasteiger partial charge in [-0.3, -0.25) is 4.79 Å². The number of hydrogen-bond donors (Lipinski definition) is 0. The lowest BCUT2D eigenvalue weighted by Gasteiger charge is -2.29. The number of hydrogen-bond acceptors (Lipinski definition) is 6. The summed E-state index contributed by atoms with van der Waals surface area (Å²) in [5, 5.41) is 0.356. The van der Waals surface area contributed by atoms with Crippen molar-refractivity contribution in [2.75, 3.05) is 0 Å². The highest BCUT2D eigenvalue weighted by Crippen LogP contribution is 2.24. The van der Waals surface area contributed by atoms with Crippen LogP contribution in [0.15, 0.2) is 45.3 Å². The molecule has 0 atom stereocenters. The van der Waals surface area contributed by atoms with E-state index in [2.05, 4.69) is 0 Å². The van der Waals surface area contributed by atoms with E-state index in [4.69, 9.17) is 13.9 Å². The summed E-state index contributed by atoms with van der Waals surface area (Å²) in [5.41, 5.74) is -0.200. The second kappa shape index (κ2) is 4.84. The highest BCUT2D eigenvalue weighted by Gasteiger charge is 2.39. The molecule has 3 rings (SSSR count). The van der Waals surface area contributed by atoms with Gasteiger partial charge in [0, 0.05) is 13.8 Å². The molecule has 0 aliphatic carbocycles. The van der Waals surface area contributed by atoms with Crippen LogP contribution in [-0.4, -0.2) is 17.7 Å². The molecular formula is C16H12O6. The number of carbonyl (C=O) groups is 2. The van der Waals surface area contributed by atoms with Crippen molar-refractivity contribution in [2.24, 2.45) is 0 Å². The molecule has 0 N–H and O–H groups in total. The van der Waals surface area contributed by atoms with E-state index in [0.717, 1.165) is 6.08 Å². The van der Waals surface area contributed by atoms with Gasteiger partial charge in [0.15, 0.2) is 5.43 Å². The first kappa shape index (κ1) is 14.1. The van der Waals surface area contributed by atoms with E-state index >= 15 is 0 Å². The first-order valence-corrected chi connectivity index (χ1v) is 6.56. The molecule has 22 heavy (non-hydrogen) atoms. The number of fused-ring (bicyclic) bond motifs is 1. The van der Waals surface area contributed by atoms with Crippen molar-refractivity contribution in [1.82, 2.24) is 0 Å². The summed E-state index contributed by atoms with van der Waals surface area (Å²) in [4.78, 5) is 36.1. The van der Waals surface area contributed by atoms with E-state index in [1.54, 1.807) is 24.3 Å². The summed E-state index contributed by atoms with van der Waals surface area (Å²) in [7, 11) is 0. The number of para-hydroxylation sites is 1. The fourth-order valence-corrected chi connectivity index (χ4v) is 2.13. The Morgan fingerprint density at radius 3 is 2.32 bits per heavy atom. The lowest BCUT2D eigenvalue weighted by molar-refractivity contribution is -0.222. The Bertz CT molecular complexity index is 850. The van der Waals surface area contributed by atoms with Gasteiger partial charge in [-0.2, -0.15) is 0 Å². The van der Waals surface area contributed by atoms with Gasteiger partial charge in [0.1, 0.15) is 17.4 Å². The quantitative estimate of drug-likeness (QED) is 0.455. The van der Waals surface area contributed by atoms with Gasteiger partial charge in [0.2, 0.25) is 0 Å². The van der Waals surface area contributed by atoms with Crippen LogP contribution >= 0.6 is 0 Å². The molecule has 1 aromatic carbocycles. The van der Waals surface area contributed by atoms with Crippen molar-refractivity contribution >= 4 is 29.0 Å². The highest BCUT2D eigenvalue weighted by molar-refractivity contribution is 6.18. The molecular weight excluding hydrogens is 288 g/mol. The molecule has 6 nitrogen and oxygen atoms in total. The Hall–Kier alpha value is -2.89. The van der Waals surface area contributed by atoms with Crippen LogP contribution in [0.25, 0.3) is 17.0 Å². The van der Waals surface area contributed by atoms with Crippen LogP contribution in [-0.2, 0) is 19.1 Å². The minimum atomic E-state index is -1.32. The van der Waals surface area contributed by atoms with Gasteiger partial charge >= 0.3 is 11.9 Å². The second-order valence-corrected chi connectivity index (χ2v) is 5.25. The molecule has 6 heteroatoms. The van der Waals surface area contributed by atoms with E-state index in [9.17, 15) is 14.4 Å². The van der Waals surface area contributed by atoms with Crippen LogP contribution in [0.3, 0.4) is 0 Å². The third-order valence-electron chi connectivity index (χ3n) is 3.12. The zero-order valence-electron chi connectivity index (χ0n) is 11.9. The van der Waals surface area contributed by atoms with Gasteiger partial charge < -0.3 is 13.9 Å². The fourth-order valence-electron chi connectivity index (χ4n) is 2.13. The molecule has 1 aromatic heterocycles. The van der Waals surface area contributed by atoms with E-state index < -0.39 is 17.7 Å². The molecule has 0 saturated carbocycles. The molecule has 0 amide bonds. The Kier molecular flexibility index (Phi) is 3.09. The van der Waals surface area contributed by atoms with Gasteiger partial charge in [-0.1, -0.05) is 12.1 Å². The number of carbonyl (C=O) groups excluding carboxylic acids is 2. The standard InChI is InChI=1S/C16H12O6/c1-16(2)21-14(18)11(15(19)22-16)7-9-8-20-12-6-4-3-5-10(12)13(9)17/h3-8H,1-2H3.